The van der Waals surface area contributed by atoms with Gasteiger partial charge in [-0.2, -0.15) is 5.10 Å². The molecular formula is C11H16N4. The molecule has 2 aromatic rings. The van der Waals surface area contributed by atoms with E-state index in [0.717, 1.165) is 17.1 Å². The van der Waals surface area contributed by atoms with Crippen LogP contribution >= 0.6 is 0 Å². The average Bonchev–Trinajstić information content (AvgIpc) is 2.69. The largest absolute Gasteiger partial charge is 0.343 e. The number of imidazole rings is 1. The van der Waals surface area contributed by atoms with Gasteiger partial charge in [0.15, 0.2) is 0 Å². The first-order valence-electron chi connectivity index (χ1n) is 5.02. The molecule has 2 aromatic heterocycles. The zero-order chi connectivity index (χ0) is 11.1. The Morgan fingerprint density at radius 3 is 2.53 bits per heavy atom. The highest BCUT2D eigenvalue weighted by molar-refractivity contribution is 5.54. The Morgan fingerprint density at radius 1 is 1.33 bits per heavy atom. The van der Waals surface area contributed by atoms with Gasteiger partial charge in [0, 0.05) is 12.5 Å². The van der Waals surface area contributed by atoms with E-state index in [4.69, 9.17) is 0 Å². The number of H-pyrrole nitrogens is 1. The van der Waals surface area contributed by atoms with Crippen LogP contribution in [-0.4, -0.2) is 19.7 Å². The second-order valence-electron chi connectivity index (χ2n) is 4.75. The van der Waals surface area contributed by atoms with Crippen LogP contribution in [0.15, 0.2) is 18.6 Å². The zero-order valence-corrected chi connectivity index (χ0v) is 9.57. The Kier molecular flexibility index (Phi) is 2.14. The lowest BCUT2D eigenvalue weighted by atomic mass is 9.92. The normalized spacial score (nSPS) is 12.0. The third-order valence-electron chi connectivity index (χ3n) is 2.42. The molecule has 0 amide bonds. The summed E-state index contributed by atoms with van der Waals surface area (Å²) in [4.78, 5) is 7.10. The second-order valence-corrected chi connectivity index (χ2v) is 4.75. The van der Waals surface area contributed by atoms with Gasteiger partial charge in [-0.15, -0.1) is 0 Å². The number of nitrogens with one attached hydrogen (secondary N) is 1. The van der Waals surface area contributed by atoms with Crippen LogP contribution in [0.3, 0.4) is 0 Å². The molecule has 2 rings (SSSR count). The van der Waals surface area contributed by atoms with Crippen LogP contribution in [0.4, 0.5) is 0 Å². The van der Waals surface area contributed by atoms with Gasteiger partial charge in [0.25, 0.3) is 0 Å². The molecule has 0 unspecified atom stereocenters. The maximum atomic E-state index is 4.51. The molecule has 0 aliphatic carbocycles. The Balaban J connectivity index is 2.47. The molecule has 0 aliphatic rings. The van der Waals surface area contributed by atoms with Gasteiger partial charge in [0.05, 0.1) is 29.6 Å². The molecule has 0 saturated heterocycles. The van der Waals surface area contributed by atoms with Crippen molar-refractivity contribution in [1.29, 1.82) is 0 Å². The van der Waals surface area contributed by atoms with Crippen molar-refractivity contribution in [3.05, 3.63) is 24.3 Å². The number of rotatable bonds is 1. The van der Waals surface area contributed by atoms with Crippen molar-refractivity contribution in [2.75, 3.05) is 0 Å². The fourth-order valence-electron chi connectivity index (χ4n) is 1.48. The third kappa shape index (κ3) is 1.79. The fraction of sp³-hybridized carbons (Fsp3) is 0.455. The van der Waals surface area contributed by atoms with Crippen molar-refractivity contribution in [1.82, 2.24) is 19.7 Å². The van der Waals surface area contributed by atoms with Gasteiger partial charge in [0.1, 0.15) is 0 Å². The summed E-state index contributed by atoms with van der Waals surface area (Å²) in [5, 5.41) is 4.51. The lowest BCUT2D eigenvalue weighted by Gasteiger charge is -2.13. The molecule has 80 valence electrons. The number of aromatic nitrogens is 4. The predicted molar refractivity (Wildman–Crippen MR) is 59.5 cm³/mol. The smallest absolute Gasteiger partial charge is 0.0924 e. The monoisotopic (exact) mass is 204 g/mol. The van der Waals surface area contributed by atoms with E-state index in [1.165, 1.54) is 0 Å². The third-order valence-corrected chi connectivity index (χ3v) is 2.42. The molecule has 0 fully saturated rings. The minimum absolute atomic E-state index is 0.0794. The van der Waals surface area contributed by atoms with Gasteiger partial charge < -0.3 is 4.98 Å². The molecule has 0 saturated carbocycles. The van der Waals surface area contributed by atoms with Gasteiger partial charge in [-0.25, -0.2) is 4.98 Å². The molecule has 1 N–H and O–H groups in total. The lowest BCUT2D eigenvalue weighted by Crippen LogP contribution is -2.12. The average molecular weight is 204 g/mol. The van der Waals surface area contributed by atoms with Gasteiger partial charge in [-0.1, -0.05) is 20.8 Å². The summed E-state index contributed by atoms with van der Waals surface area (Å²) < 4.78 is 1.88. The summed E-state index contributed by atoms with van der Waals surface area (Å²) in [6, 6.07) is 2.10. The van der Waals surface area contributed by atoms with Gasteiger partial charge >= 0.3 is 0 Å². The predicted octanol–water partition coefficient (Wildman–Crippen LogP) is 2.11. The van der Waals surface area contributed by atoms with E-state index in [9.17, 15) is 0 Å². The molecule has 15 heavy (non-hydrogen) atoms. The summed E-state index contributed by atoms with van der Waals surface area (Å²) in [7, 11) is 1.95. The summed E-state index contributed by atoms with van der Waals surface area (Å²) >= 11 is 0. The van der Waals surface area contributed by atoms with Crippen molar-refractivity contribution in [2.24, 2.45) is 7.05 Å². The maximum Gasteiger partial charge on any atom is 0.0924 e. The Morgan fingerprint density at radius 2 is 2.07 bits per heavy atom. The highest BCUT2D eigenvalue weighted by Gasteiger charge is 2.19. The fourth-order valence-corrected chi connectivity index (χ4v) is 1.48. The Labute approximate surface area is 89.3 Å². The molecular weight excluding hydrogens is 188 g/mol. The highest BCUT2D eigenvalue weighted by Crippen LogP contribution is 2.25. The first-order valence-corrected chi connectivity index (χ1v) is 5.02. The lowest BCUT2D eigenvalue weighted by molar-refractivity contribution is 0.553. The van der Waals surface area contributed by atoms with Crippen molar-refractivity contribution < 1.29 is 0 Å². The van der Waals surface area contributed by atoms with Crippen LogP contribution < -0.4 is 0 Å². The number of hydrogen-bond donors (Lipinski definition) is 1. The first-order chi connectivity index (χ1) is 6.98. The number of hydrogen-bond acceptors (Lipinski definition) is 2. The van der Waals surface area contributed by atoms with Gasteiger partial charge in [-0.05, 0) is 6.07 Å². The van der Waals surface area contributed by atoms with E-state index in [2.05, 4.69) is 41.9 Å². The SMILES string of the molecule is Cn1nc(C(C)(C)C)cc1-c1cnc[nH]1. The topological polar surface area (TPSA) is 46.5 Å². The van der Waals surface area contributed by atoms with E-state index in [1.54, 1.807) is 6.33 Å². The standard InChI is InChI=1S/C11H16N4/c1-11(2,3)10-5-9(15(4)14-10)8-6-12-7-13-8/h5-7H,1-4H3,(H,12,13). The van der Waals surface area contributed by atoms with Gasteiger partial charge in [-0.3, -0.25) is 4.68 Å². The van der Waals surface area contributed by atoms with E-state index in [1.807, 2.05) is 17.9 Å². The van der Waals surface area contributed by atoms with E-state index in [-0.39, 0.29) is 5.41 Å². The van der Waals surface area contributed by atoms with Crippen LogP contribution in [0.25, 0.3) is 11.4 Å². The molecule has 0 atom stereocenters. The molecule has 0 aromatic carbocycles. The molecule has 0 bridgehead atoms. The summed E-state index contributed by atoms with van der Waals surface area (Å²) in [6.07, 6.45) is 3.49. The van der Waals surface area contributed by atoms with E-state index < -0.39 is 0 Å². The molecule has 4 heteroatoms. The quantitative estimate of drug-likeness (QED) is 0.773. The summed E-state index contributed by atoms with van der Waals surface area (Å²) in [5.74, 6) is 0. The van der Waals surface area contributed by atoms with Crippen LogP contribution in [0, 0.1) is 0 Å². The van der Waals surface area contributed by atoms with Crippen molar-refractivity contribution >= 4 is 0 Å². The van der Waals surface area contributed by atoms with Crippen molar-refractivity contribution in [2.45, 2.75) is 26.2 Å². The number of aromatic amines is 1. The van der Waals surface area contributed by atoms with Crippen LogP contribution in [-0.2, 0) is 12.5 Å². The Hall–Kier alpha value is -1.58. The minimum Gasteiger partial charge on any atom is -0.343 e. The van der Waals surface area contributed by atoms with Crippen molar-refractivity contribution in [3.63, 3.8) is 0 Å². The molecule has 0 aliphatic heterocycles. The zero-order valence-electron chi connectivity index (χ0n) is 9.57. The minimum atomic E-state index is 0.0794. The second kappa shape index (κ2) is 3.22. The van der Waals surface area contributed by atoms with E-state index in [0.29, 0.717) is 0 Å². The number of nitrogens with zero attached hydrogens (tertiary/aromatic N) is 3. The summed E-state index contributed by atoms with van der Waals surface area (Å²) in [6.45, 7) is 6.48. The first kappa shape index (κ1) is 9.96. The maximum absolute atomic E-state index is 4.51. The summed E-state index contributed by atoms with van der Waals surface area (Å²) in [5.41, 5.74) is 3.24. The Bertz CT molecular complexity index is 445. The van der Waals surface area contributed by atoms with Gasteiger partial charge in [0.2, 0.25) is 0 Å². The van der Waals surface area contributed by atoms with Crippen molar-refractivity contribution in [3.8, 4) is 11.4 Å². The molecule has 4 nitrogen and oxygen atoms in total. The van der Waals surface area contributed by atoms with Crippen LogP contribution in [0.2, 0.25) is 0 Å². The number of aryl methyl sites for hydroxylation is 1. The molecule has 0 spiro atoms. The highest BCUT2D eigenvalue weighted by atomic mass is 15.3. The van der Waals surface area contributed by atoms with E-state index >= 15 is 0 Å². The van der Waals surface area contributed by atoms with Crippen LogP contribution in [0.5, 0.6) is 0 Å². The molecule has 2 heterocycles. The molecule has 0 radical (unpaired) electrons. The van der Waals surface area contributed by atoms with Crippen LogP contribution in [0.1, 0.15) is 26.5 Å².